The molecule has 0 radical (unpaired) electrons. The minimum atomic E-state index is -3.78. The Labute approximate surface area is 167 Å². The van der Waals surface area contributed by atoms with Crippen molar-refractivity contribution in [1.29, 1.82) is 0 Å². The summed E-state index contributed by atoms with van der Waals surface area (Å²) in [6.45, 7) is 6.12. The normalized spacial score (nSPS) is 14.6. The second-order valence-electron chi connectivity index (χ2n) is 7.15. The van der Waals surface area contributed by atoms with E-state index in [0.717, 1.165) is 31.2 Å². The zero-order valence-electron chi connectivity index (χ0n) is 16.1. The Balaban J connectivity index is 1.90. The monoisotopic (exact) mass is 398 g/mol. The first-order valence-corrected chi connectivity index (χ1v) is 11.0. The van der Waals surface area contributed by atoms with Crippen LogP contribution in [0.1, 0.15) is 41.6 Å². The third-order valence-electron chi connectivity index (χ3n) is 5.09. The van der Waals surface area contributed by atoms with Crippen LogP contribution in [0.3, 0.4) is 0 Å². The quantitative estimate of drug-likeness (QED) is 0.705. The molecule has 6 heteroatoms. The van der Waals surface area contributed by atoms with E-state index in [-0.39, 0.29) is 16.8 Å². The largest absolute Gasteiger partial charge is 0.332 e. The number of para-hydroxylation sites is 1. The topological polar surface area (TPSA) is 66.5 Å². The molecular formula is C22H26N2O3S. The van der Waals surface area contributed by atoms with Crippen LogP contribution in [0.25, 0.3) is 0 Å². The van der Waals surface area contributed by atoms with Gasteiger partial charge in [0.1, 0.15) is 0 Å². The number of rotatable bonds is 7. The third kappa shape index (κ3) is 4.44. The highest BCUT2D eigenvalue weighted by atomic mass is 32.2. The molecule has 0 aliphatic heterocycles. The van der Waals surface area contributed by atoms with Gasteiger partial charge in [0.15, 0.2) is 0 Å². The van der Waals surface area contributed by atoms with E-state index < -0.39 is 10.0 Å². The molecule has 1 amide bonds. The lowest BCUT2D eigenvalue weighted by Crippen LogP contribution is -2.39. The van der Waals surface area contributed by atoms with Crippen LogP contribution in [0.15, 0.2) is 66.1 Å². The van der Waals surface area contributed by atoms with Gasteiger partial charge in [0.05, 0.1) is 16.1 Å². The molecule has 0 bridgehead atoms. The van der Waals surface area contributed by atoms with Crippen molar-refractivity contribution in [1.82, 2.24) is 4.90 Å². The zero-order valence-corrected chi connectivity index (χ0v) is 16.9. The lowest BCUT2D eigenvalue weighted by atomic mass is 10.1. The van der Waals surface area contributed by atoms with Crippen LogP contribution in [0.5, 0.6) is 0 Å². The molecule has 1 aliphatic rings. The van der Waals surface area contributed by atoms with Crippen molar-refractivity contribution in [3.8, 4) is 0 Å². The smallest absolute Gasteiger partial charge is 0.261 e. The molecule has 1 saturated carbocycles. The summed E-state index contributed by atoms with van der Waals surface area (Å²) in [6, 6.07) is 13.5. The Kier molecular flexibility index (Phi) is 6.19. The highest BCUT2D eigenvalue weighted by Crippen LogP contribution is 2.27. The van der Waals surface area contributed by atoms with Gasteiger partial charge in [-0.1, -0.05) is 48.7 Å². The van der Waals surface area contributed by atoms with Crippen LogP contribution in [0, 0.1) is 6.92 Å². The molecule has 5 nitrogen and oxygen atoms in total. The summed E-state index contributed by atoms with van der Waals surface area (Å²) in [5.41, 5.74) is 1.62. The lowest BCUT2D eigenvalue weighted by Gasteiger charge is -2.28. The number of sulfonamides is 1. The van der Waals surface area contributed by atoms with Crippen LogP contribution in [-0.4, -0.2) is 31.8 Å². The highest BCUT2D eigenvalue weighted by Gasteiger charge is 2.28. The first kappa shape index (κ1) is 20.1. The molecule has 1 aliphatic carbocycles. The van der Waals surface area contributed by atoms with E-state index in [9.17, 15) is 13.2 Å². The van der Waals surface area contributed by atoms with Crippen LogP contribution in [0.4, 0.5) is 5.69 Å². The van der Waals surface area contributed by atoms with Crippen LogP contribution in [0.2, 0.25) is 0 Å². The van der Waals surface area contributed by atoms with Gasteiger partial charge in [0.25, 0.3) is 15.9 Å². The maximum atomic E-state index is 13.3. The Hall–Kier alpha value is -2.60. The predicted octanol–water partition coefficient (Wildman–Crippen LogP) is 4.37. The summed E-state index contributed by atoms with van der Waals surface area (Å²) in [5, 5.41) is 0. The van der Waals surface area contributed by atoms with Gasteiger partial charge in [0, 0.05) is 12.6 Å². The number of benzene rings is 2. The molecule has 148 valence electrons. The standard InChI is InChI=1S/C22H26N2O3S/c1-3-16-24(18-8-4-5-9-18)22(25)20-10-6-7-11-21(20)23-28(26,27)19-14-12-17(2)13-15-19/h3,6-7,10-15,18,23H,1,4-5,8-9,16H2,2H3. The first-order chi connectivity index (χ1) is 13.4. The fourth-order valence-corrected chi connectivity index (χ4v) is 4.67. The van der Waals surface area contributed by atoms with Crippen LogP contribution < -0.4 is 4.72 Å². The molecule has 0 aromatic heterocycles. The van der Waals surface area contributed by atoms with E-state index in [2.05, 4.69) is 11.3 Å². The molecule has 0 heterocycles. The summed E-state index contributed by atoms with van der Waals surface area (Å²) in [7, 11) is -3.78. The molecular weight excluding hydrogens is 372 g/mol. The molecule has 2 aromatic rings. The fraction of sp³-hybridized carbons (Fsp3) is 0.318. The summed E-state index contributed by atoms with van der Waals surface area (Å²) < 4.78 is 28.2. The number of anilines is 1. The lowest BCUT2D eigenvalue weighted by molar-refractivity contribution is 0.0707. The van der Waals surface area contributed by atoms with E-state index in [1.54, 1.807) is 59.5 Å². The maximum Gasteiger partial charge on any atom is 0.261 e. The Morgan fingerprint density at radius 2 is 1.79 bits per heavy atom. The van der Waals surface area contributed by atoms with Crippen LogP contribution in [-0.2, 0) is 10.0 Å². The Morgan fingerprint density at radius 1 is 1.14 bits per heavy atom. The average molecular weight is 399 g/mol. The number of nitrogens with one attached hydrogen (secondary N) is 1. The highest BCUT2D eigenvalue weighted by molar-refractivity contribution is 7.92. The van der Waals surface area contributed by atoms with Gasteiger partial charge in [-0.25, -0.2) is 8.42 Å². The molecule has 3 rings (SSSR count). The number of carbonyl (C=O) groups excluding carboxylic acids is 1. The van der Waals surface area contributed by atoms with Crippen molar-refractivity contribution < 1.29 is 13.2 Å². The summed E-state index contributed by atoms with van der Waals surface area (Å²) in [5.74, 6) is -0.172. The molecule has 28 heavy (non-hydrogen) atoms. The number of hydrogen-bond acceptors (Lipinski definition) is 3. The SMILES string of the molecule is C=CCN(C(=O)c1ccccc1NS(=O)(=O)c1ccc(C)cc1)C1CCCC1. The Bertz CT molecular complexity index is 946. The second-order valence-corrected chi connectivity index (χ2v) is 8.83. The molecule has 1 fully saturated rings. The summed E-state index contributed by atoms with van der Waals surface area (Å²) >= 11 is 0. The van der Waals surface area contributed by atoms with Crippen molar-refractivity contribution in [3.63, 3.8) is 0 Å². The maximum absolute atomic E-state index is 13.3. The average Bonchev–Trinajstić information content (AvgIpc) is 3.20. The Morgan fingerprint density at radius 3 is 2.43 bits per heavy atom. The van der Waals surface area contributed by atoms with E-state index in [1.165, 1.54) is 0 Å². The number of amides is 1. The van der Waals surface area contributed by atoms with Crippen molar-refractivity contribution in [2.24, 2.45) is 0 Å². The van der Waals surface area contributed by atoms with Gasteiger partial charge < -0.3 is 4.90 Å². The number of hydrogen-bond donors (Lipinski definition) is 1. The number of carbonyl (C=O) groups is 1. The molecule has 0 saturated heterocycles. The summed E-state index contributed by atoms with van der Waals surface area (Å²) in [4.78, 5) is 15.2. The van der Waals surface area contributed by atoms with Gasteiger partial charge in [-0.15, -0.1) is 6.58 Å². The van der Waals surface area contributed by atoms with Crippen molar-refractivity contribution >= 4 is 21.6 Å². The first-order valence-electron chi connectivity index (χ1n) is 9.53. The fourth-order valence-electron chi connectivity index (χ4n) is 3.59. The van der Waals surface area contributed by atoms with Gasteiger partial charge in [-0.05, 0) is 44.0 Å². The van der Waals surface area contributed by atoms with Gasteiger partial charge in [0.2, 0.25) is 0 Å². The minimum absolute atomic E-state index is 0.166. The number of nitrogens with zero attached hydrogens (tertiary/aromatic N) is 1. The van der Waals surface area contributed by atoms with E-state index in [1.807, 2.05) is 6.92 Å². The molecule has 0 spiro atoms. The van der Waals surface area contributed by atoms with Gasteiger partial charge in [-0.2, -0.15) is 0 Å². The predicted molar refractivity (Wildman–Crippen MR) is 112 cm³/mol. The van der Waals surface area contributed by atoms with E-state index in [0.29, 0.717) is 17.8 Å². The van der Waals surface area contributed by atoms with E-state index >= 15 is 0 Å². The molecule has 0 unspecified atom stereocenters. The number of aryl methyl sites for hydroxylation is 1. The van der Waals surface area contributed by atoms with E-state index in [4.69, 9.17) is 0 Å². The van der Waals surface area contributed by atoms with Gasteiger partial charge in [-0.3, -0.25) is 9.52 Å². The molecule has 0 atom stereocenters. The second kappa shape index (κ2) is 8.61. The van der Waals surface area contributed by atoms with Gasteiger partial charge >= 0.3 is 0 Å². The van der Waals surface area contributed by atoms with Crippen molar-refractivity contribution in [2.75, 3.05) is 11.3 Å². The summed E-state index contributed by atoms with van der Waals surface area (Å²) in [6.07, 6.45) is 5.86. The third-order valence-corrected chi connectivity index (χ3v) is 6.47. The van der Waals surface area contributed by atoms with Crippen LogP contribution >= 0.6 is 0 Å². The molecule has 2 aromatic carbocycles. The zero-order chi connectivity index (χ0) is 20.1. The molecule has 1 N–H and O–H groups in total. The van der Waals surface area contributed by atoms with Crippen molar-refractivity contribution in [2.45, 2.75) is 43.5 Å². The van der Waals surface area contributed by atoms with Crippen molar-refractivity contribution in [3.05, 3.63) is 72.3 Å². The minimum Gasteiger partial charge on any atom is -0.332 e.